The number of halogens is 4. The maximum Gasteiger partial charge on any atom is 0.416 e. The van der Waals surface area contributed by atoms with Crippen molar-refractivity contribution in [1.82, 2.24) is 30.3 Å². The molecule has 4 aromatic rings. The molecule has 5 N–H and O–H groups in total. The highest BCUT2D eigenvalue weighted by Crippen LogP contribution is 2.41. The molecule has 344 valence electrons. The lowest BCUT2D eigenvalue weighted by atomic mass is 9.76. The molecule has 2 fully saturated rings. The third-order valence-corrected chi connectivity index (χ3v) is 13.1. The van der Waals surface area contributed by atoms with E-state index in [2.05, 4.69) is 31.3 Å². The van der Waals surface area contributed by atoms with Gasteiger partial charge in [-0.1, -0.05) is 63.1 Å². The summed E-state index contributed by atoms with van der Waals surface area (Å²) in [5.74, 6) is -2.00. The molecule has 0 spiro atoms. The minimum atomic E-state index is -4.58. The van der Waals surface area contributed by atoms with Crippen LogP contribution in [0.1, 0.15) is 108 Å². The zero-order chi connectivity index (χ0) is 46.6. The smallest absolute Gasteiger partial charge is 0.391 e. The number of amides is 5. The van der Waals surface area contributed by atoms with Crippen LogP contribution in [0.2, 0.25) is 5.02 Å². The Morgan fingerprint density at radius 1 is 0.969 bits per heavy atom. The predicted octanol–water partition coefficient (Wildman–Crippen LogP) is 7.76. The van der Waals surface area contributed by atoms with Crippen LogP contribution in [0.25, 0.3) is 10.4 Å². The first-order valence-corrected chi connectivity index (χ1v) is 22.5. The summed E-state index contributed by atoms with van der Waals surface area (Å²) >= 11 is 7.62. The average Bonchev–Trinajstić information content (AvgIpc) is 3.96. The summed E-state index contributed by atoms with van der Waals surface area (Å²) in [4.78, 5) is 73.9. The van der Waals surface area contributed by atoms with Gasteiger partial charge in [-0.05, 0) is 80.7 Å². The number of anilines is 2. The van der Waals surface area contributed by atoms with E-state index in [9.17, 15) is 42.3 Å². The first kappa shape index (κ1) is 48.1. The lowest BCUT2D eigenvalue weighted by molar-refractivity contribution is -0.144. The number of unbranched alkanes of at least 4 members (excludes halogenated alkanes) is 2. The summed E-state index contributed by atoms with van der Waals surface area (Å²) in [7, 11) is 0. The number of nitrogens with zero attached hydrogens (tertiary/aromatic N) is 4. The minimum absolute atomic E-state index is 0.0383. The SMILES string of the molecule is Cc1ncsc1-c1ccc([C@H](C)NC(=O)[C@@H]2C[C@@H](O)CN2C(=O)[C@@H](NC(=O)CCCCCC(=O)Nc2cnn(C3(C(=O)Nc4ccc(C(F)(F)F)cc4Cl)CCC3)c2)C(C)(C)C)cc1. The van der Waals surface area contributed by atoms with Gasteiger partial charge in [0.1, 0.15) is 17.6 Å². The minimum Gasteiger partial charge on any atom is -0.391 e. The number of aliphatic hydroxyl groups excluding tert-OH is 1. The molecule has 0 radical (unpaired) electrons. The molecule has 4 atom stereocenters. The molecule has 0 unspecified atom stereocenters. The zero-order valence-electron chi connectivity index (χ0n) is 36.4. The second-order valence-corrected chi connectivity index (χ2v) is 19.0. The predicted molar refractivity (Wildman–Crippen MR) is 237 cm³/mol. The number of aryl methyl sites for hydroxylation is 1. The van der Waals surface area contributed by atoms with E-state index in [1.54, 1.807) is 16.8 Å². The first-order valence-electron chi connectivity index (χ1n) is 21.3. The number of thiazole rings is 1. The van der Waals surface area contributed by atoms with Crippen molar-refractivity contribution in [2.45, 2.75) is 128 Å². The van der Waals surface area contributed by atoms with Crippen molar-refractivity contribution in [3.8, 4) is 10.4 Å². The number of likely N-dealkylation sites (tertiary alicyclic amines) is 1. The molecule has 19 heteroatoms. The van der Waals surface area contributed by atoms with E-state index in [1.165, 1.54) is 22.0 Å². The summed E-state index contributed by atoms with van der Waals surface area (Å²) in [6.45, 7) is 9.22. The van der Waals surface area contributed by atoms with Crippen molar-refractivity contribution in [1.29, 1.82) is 0 Å². The number of benzene rings is 2. The molecule has 1 aliphatic heterocycles. The topological polar surface area (TPSA) is 188 Å². The number of β-amino-alcohol motifs (C(OH)–C–C–N with tert-alkyl or cyclic N) is 1. The number of alkyl halides is 3. The largest absolute Gasteiger partial charge is 0.416 e. The van der Waals surface area contributed by atoms with Gasteiger partial charge in [-0.15, -0.1) is 11.3 Å². The van der Waals surface area contributed by atoms with Gasteiger partial charge in [-0.25, -0.2) is 4.98 Å². The van der Waals surface area contributed by atoms with E-state index in [0.29, 0.717) is 44.2 Å². The summed E-state index contributed by atoms with van der Waals surface area (Å²) in [5.41, 5.74) is 2.29. The van der Waals surface area contributed by atoms with Gasteiger partial charge in [0.25, 0.3) is 5.91 Å². The number of hydrogen-bond acceptors (Lipinski definition) is 9. The summed E-state index contributed by atoms with van der Waals surface area (Å²) in [6, 6.07) is 8.27. The molecule has 2 aromatic carbocycles. The lowest BCUT2D eigenvalue weighted by Crippen LogP contribution is -2.57. The molecule has 1 saturated heterocycles. The Morgan fingerprint density at radius 3 is 2.25 bits per heavy atom. The second-order valence-electron chi connectivity index (χ2n) is 17.7. The maximum absolute atomic E-state index is 14.1. The molecule has 6 rings (SSSR count). The fourth-order valence-corrected chi connectivity index (χ4v) is 8.98. The third-order valence-electron chi connectivity index (χ3n) is 11.8. The van der Waals surface area contributed by atoms with Crippen LogP contribution in [0, 0.1) is 12.3 Å². The van der Waals surface area contributed by atoms with Gasteiger partial charge in [0.2, 0.25) is 23.6 Å². The molecule has 3 heterocycles. The number of hydrogen-bond donors (Lipinski definition) is 5. The normalized spacial score (nSPS) is 18.1. The molecule has 2 aliphatic rings. The van der Waals surface area contributed by atoms with Gasteiger partial charge >= 0.3 is 6.18 Å². The third kappa shape index (κ3) is 11.3. The van der Waals surface area contributed by atoms with Crippen molar-refractivity contribution in [3.63, 3.8) is 0 Å². The number of nitrogens with one attached hydrogen (secondary N) is 4. The van der Waals surface area contributed by atoms with Gasteiger partial charge in [-0.2, -0.15) is 18.3 Å². The van der Waals surface area contributed by atoms with Crippen LogP contribution >= 0.6 is 22.9 Å². The van der Waals surface area contributed by atoms with Crippen molar-refractivity contribution in [2.75, 3.05) is 17.2 Å². The quantitative estimate of drug-likeness (QED) is 0.0706. The molecule has 1 aliphatic carbocycles. The van der Waals surface area contributed by atoms with Crippen LogP contribution in [0.5, 0.6) is 0 Å². The summed E-state index contributed by atoms with van der Waals surface area (Å²) in [6.07, 6.45) is 0.778. The van der Waals surface area contributed by atoms with Crippen LogP contribution in [-0.2, 0) is 35.7 Å². The second kappa shape index (κ2) is 19.8. The molecule has 64 heavy (non-hydrogen) atoms. The van der Waals surface area contributed by atoms with Crippen molar-refractivity contribution < 1.29 is 42.3 Å². The van der Waals surface area contributed by atoms with Crippen LogP contribution in [0.4, 0.5) is 24.5 Å². The lowest BCUT2D eigenvalue weighted by Gasteiger charge is -2.40. The highest BCUT2D eigenvalue weighted by molar-refractivity contribution is 7.13. The summed E-state index contributed by atoms with van der Waals surface area (Å²) in [5, 5.41) is 25.9. The molecule has 5 amide bonds. The van der Waals surface area contributed by atoms with Crippen LogP contribution in [0.3, 0.4) is 0 Å². The highest BCUT2D eigenvalue weighted by Gasteiger charge is 2.48. The van der Waals surface area contributed by atoms with Gasteiger partial charge in [0, 0.05) is 32.0 Å². The number of aliphatic hydroxyl groups is 1. The fraction of sp³-hybridized carbons (Fsp3) is 0.489. The summed E-state index contributed by atoms with van der Waals surface area (Å²) < 4.78 is 40.7. The average molecular weight is 927 g/mol. The number of rotatable bonds is 16. The van der Waals surface area contributed by atoms with E-state index in [-0.39, 0.29) is 54.4 Å². The van der Waals surface area contributed by atoms with Crippen molar-refractivity contribution >= 4 is 63.8 Å². The Kier molecular flexibility index (Phi) is 14.9. The standard InChI is InChI=1S/C45H54ClF3N8O6S/c1-26(28-12-14-29(15-13-28)38-27(2)50-25-64-38)52-40(61)35-21-32(58)24-56(35)41(62)39(43(3,4)5)55-37(60)11-8-6-7-10-36(59)53-31-22-51-57(23-31)44(18-9-19-44)42(63)54-34-17-16-30(20-33(34)46)45(47,48)49/h12-17,20,22-23,25-26,32,35,39,58H,6-11,18-19,21,24H2,1-5H3,(H,52,61)(H,53,59)(H,54,63)(H,55,60)/t26-,32+,35-,39+/m0/s1. The monoisotopic (exact) mass is 926 g/mol. The van der Waals surface area contributed by atoms with Gasteiger partial charge in [-0.3, -0.25) is 28.7 Å². The van der Waals surface area contributed by atoms with Crippen LogP contribution in [0.15, 0.2) is 60.4 Å². The van der Waals surface area contributed by atoms with E-state index < -0.39 is 58.6 Å². The molecule has 0 bridgehead atoms. The highest BCUT2D eigenvalue weighted by atomic mass is 35.5. The number of carbonyl (C=O) groups excluding carboxylic acids is 5. The molecular formula is C45H54ClF3N8O6S. The fourth-order valence-electron chi connectivity index (χ4n) is 7.94. The van der Waals surface area contributed by atoms with Crippen molar-refractivity contribution in [3.05, 3.63) is 82.2 Å². The first-order chi connectivity index (χ1) is 30.2. The van der Waals surface area contributed by atoms with Crippen LogP contribution in [-0.4, -0.2) is 79.0 Å². The Labute approximate surface area is 378 Å². The van der Waals surface area contributed by atoms with E-state index in [1.807, 2.05) is 58.9 Å². The molecular weight excluding hydrogens is 873 g/mol. The molecule has 2 aromatic heterocycles. The Bertz CT molecular complexity index is 2340. The van der Waals surface area contributed by atoms with E-state index >= 15 is 0 Å². The Hall–Kier alpha value is -5.33. The molecule has 1 saturated carbocycles. The van der Waals surface area contributed by atoms with E-state index in [4.69, 9.17) is 11.6 Å². The maximum atomic E-state index is 14.1. The van der Waals surface area contributed by atoms with Crippen molar-refractivity contribution in [2.24, 2.45) is 5.41 Å². The molecule has 14 nitrogen and oxygen atoms in total. The zero-order valence-corrected chi connectivity index (χ0v) is 37.9. The van der Waals surface area contributed by atoms with Gasteiger partial charge < -0.3 is 31.3 Å². The Morgan fingerprint density at radius 2 is 1.66 bits per heavy atom. The van der Waals surface area contributed by atoms with E-state index in [0.717, 1.165) is 39.9 Å². The number of aromatic nitrogens is 3. The number of carbonyl (C=O) groups is 5. The Balaban J connectivity index is 0.950. The van der Waals surface area contributed by atoms with Crippen LogP contribution < -0.4 is 21.3 Å². The van der Waals surface area contributed by atoms with Gasteiger partial charge in [0.05, 0.1) is 56.4 Å². The van der Waals surface area contributed by atoms with Gasteiger partial charge in [0.15, 0.2) is 0 Å².